The molecule has 53 heavy (non-hydrogen) atoms. The van der Waals surface area contributed by atoms with Crippen LogP contribution in [0.4, 0.5) is 4.79 Å². The molecule has 0 amide bonds. The summed E-state index contributed by atoms with van der Waals surface area (Å²) in [5, 5.41) is 12.8. The van der Waals surface area contributed by atoms with E-state index in [1.807, 2.05) is 13.0 Å². The van der Waals surface area contributed by atoms with Crippen LogP contribution in [0.2, 0.25) is 0 Å². The van der Waals surface area contributed by atoms with Gasteiger partial charge in [-0.1, -0.05) is 0 Å². The number of hydrogen-bond donors (Lipinski definition) is 1. The van der Waals surface area contributed by atoms with Crippen LogP contribution < -0.4 is 9.47 Å². The molecule has 2 bridgehead atoms. The lowest BCUT2D eigenvalue weighted by atomic mass is 9.77. The Morgan fingerprint density at radius 3 is 2.49 bits per heavy atom. The average Bonchev–Trinajstić information content (AvgIpc) is 3.67. The van der Waals surface area contributed by atoms with E-state index >= 15 is 0 Å². The minimum atomic E-state index is -1.84. The lowest BCUT2D eigenvalue weighted by Gasteiger charge is -2.52. The first-order valence-electron chi connectivity index (χ1n) is 18.2. The number of phenolic OH excluding ortho intramolecular Hbond substituents is 1. The number of rotatable bonds is 5. The highest BCUT2D eigenvalue weighted by Gasteiger charge is 2.94. The Labute approximate surface area is 303 Å². The van der Waals surface area contributed by atoms with Crippen LogP contribution in [-0.2, 0) is 58.6 Å². The number of fused-ring (bicyclic) bond motifs is 8. The van der Waals surface area contributed by atoms with E-state index in [2.05, 4.69) is 0 Å². The lowest BCUT2D eigenvalue weighted by molar-refractivity contribution is -0.393. The Balaban J connectivity index is 1.15. The van der Waals surface area contributed by atoms with E-state index < -0.39 is 78.0 Å². The number of epoxide rings is 1. The Morgan fingerprint density at radius 2 is 1.81 bits per heavy atom. The molecule has 16 nitrogen and oxygen atoms in total. The molecule has 16 heteroatoms. The van der Waals surface area contributed by atoms with Crippen LogP contribution in [0.25, 0.3) is 10.8 Å². The number of phenols is 1. The molecule has 0 radical (unpaired) electrons. The number of methoxy groups -OCH3 is 1. The van der Waals surface area contributed by atoms with E-state index in [1.54, 1.807) is 13.8 Å². The molecule has 8 aliphatic rings. The molecule has 7 heterocycles. The first-order chi connectivity index (χ1) is 25.4. The molecule has 7 aliphatic heterocycles. The van der Waals surface area contributed by atoms with Crippen LogP contribution in [0.15, 0.2) is 6.07 Å². The molecule has 6 saturated heterocycles. The van der Waals surface area contributed by atoms with E-state index in [1.165, 1.54) is 14.0 Å². The summed E-state index contributed by atoms with van der Waals surface area (Å²) in [6.45, 7) is 7.31. The van der Waals surface area contributed by atoms with Gasteiger partial charge in [0, 0.05) is 36.3 Å². The number of ether oxygens (including phenoxy) is 12. The maximum atomic E-state index is 13.4. The Morgan fingerprint density at radius 1 is 1.04 bits per heavy atom. The van der Waals surface area contributed by atoms with Gasteiger partial charge in [0.05, 0.1) is 37.9 Å². The van der Waals surface area contributed by atoms with E-state index in [4.69, 9.17) is 56.8 Å². The Hall–Kier alpha value is -3.77. The van der Waals surface area contributed by atoms with Gasteiger partial charge in [-0.25, -0.2) is 4.79 Å². The largest absolute Gasteiger partial charge is 0.509 e. The Bertz CT molecular complexity index is 1970. The summed E-state index contributed by atoms with van der Waals surface area (Å²) in [7, 11) is 1.54. The smallest absolute Gasteiger partial charge is 0.506 e. The summed E-state index contributed by atoms with van der Waals surface area (Å²) in [4.78, 5) is 38.2. The number of cyclic esters (lactones) is 1. The fraction of sp³-hybridized carbons (Fsp3) is 0.649. The van der Waals surface area contributed by atoms with Gasteiger partial charge in [-0.3, -0.25) is 9.59 Å². The zero-order chi connectivity index (χ0) is 36.8. The molecule has 2 aromatic rings. The fourth-order valence-corrected chi connectivity index (χ4v) is 10.0. The second-order valence-electron chi connectivity index (χ2n) is 15.1. The monoisotopic (exact) mass is 740 g/mol. The van der Waals surface area contributed by atoms with Crippen molar-refractivity contribution < 1.29 is 76.3 Å². The molecule has 0 saturated carbocycles. The van der Waals surface area contributed by atoms with Crippen molar-refractivity contribution in [3.8, 4) is 17.2 Å². The van der Waals surface area contributed by atoms with E-state index in [-0.39, 0.29) is 47.7 Å². The number of carbonyl (C=O) groups is 3. The number of ketones is 1. The van der Waals surface area contributed by atoms with E-state index in [0.29, 0.717) is 54.7 Å². The standard InChI is InChI=1S/C37H40O16/c1-15-12-20-26(27(40)25-19(28(20)42-5)8-6-9-21(25)39)29-24(15)30-31-36(50-29,34(14-45-34)37(51-30,52-31)32-43-10-7-11-44-32)49-23-13-22(48-18(4)38)35(16(2)46-23)17(3)47-33(41)53-35/h12,16-17,22-23,30-32,40H,6-11,13-14H2,1-5H3/t16?,17-,22?,23+,30?,31?,34+,35+,36-,37?/m1/s1. The predicted octanol–water partition coefficient (Wildman–Crippen LogP) is 3.55. The lowest BCUT2D eigenvalue weighted by Crippen LogP contribution is -2.72. The predicted molar refractivity (Wildman–Crippen MR) is 173 cm³/mol. The van der Waals surface area contributed by atoms with Crippen LogP contribution in [0.3, 0.4) is 0 Å². The van der Waals surface area contributed by atoms with Crippen LogP contribution in [-0.4, -0.2) is 110 Å². The van der Waals surface area contributed by atoms with Gasteiger partial charge in [-0.05, 0) is 51.7 Å². The van der Waals surface area contributed by atoms with Crippen molar-refractivity contribution in [3.05, 3.63) is 28.3 Å². The summed E-state index contributed by atoms with van der Waals surface area (Å²) >= 11 is 0. The summed E-state index contributed by atoms with van der Waals surface area (Å²) in [5.74, 6) is -3.83. The molecule has 10 rings (SSSR count). The SMILES string of the molecule is COc1c2c(c(O)c3c4c(c(C)cc13)C1OC3(C5OCCCO5)OC1[C@@](O[C@H]1CC(OC(C)=O)[C@]5(OC(=O)O[C@@H]5C)C(C)O1)(O4)[C@@]31CO1)C(=O)CCC2. The fourth-order valence-electron chi connectivity index (χ4n) is 10.0. The molecular weight excluding hydrogens is 700 g/mol. The zero-order valence-corrected chi connectivity index (χ0v) is 29.8. The average molecular weight is 741 g/mol. The summed E-state index contributed by atoms with van der Waals surface area (Å²) in [6.07, 6.45) is -5.64. The van der Waals surface area contributed by atoms with Crippen molar-refractivity contribution in [2.75, 3.05) is 26.9 Å². The van der Waals surface area contributed by atoms with Crippen molar-refractivity contribution in [1.29, 1.82) is 0 Å². The second-order valence-corrected chi connectivity index (χ2v) is 15.1. The number of aryl methyl sites for hydroxylation is 1. The van der Waals surface area contributed by atoms with Crippen molar-refractivity contribution in [1.82, 2.24) is 0 Å². The maximum Gasteiger partial charge on any atom is 0.509 e. The van der Waals surface area contributed by atoms with E-state index in [9.17, 15) is 19.5 Å². The minimum absolute atomic E-state index is 0.0454. The van der Waals surface area contributed by atoms with Crippen molar-refractivity contribution in [3.63, 3.8) is 0 Å². The summed E-state index contributed by atoms with van der Waals surface area (Å²) in [6, 6.07) is 1.89. The molecule has 2 spiro atoms. The number of Topliss-reactive ketones (excluding diaryl/α,β-unsaturated/α-hetero) is 1. The quantitative estimate of drug-likeness (QED) is 0.346. The van der Waals surface area contributed by atoms with Gasteiger partial charge in [0.2, 0.25) is 17.5 Å². The third kappa shape index (κ3) is 4.12. The van der Waals surface area contributed by atoms with Crippen LogP contribution >= 0.6 is 0 Å². The maximum absolute atomic E-state index is 13.4. The molecule has 1 aliphatic carbocycles. The van der Waals surface area contributed by atoms with Gasteiger partial charge >= 0.3 is 12.1 Å². The van der Waals surface area contributed by atoms with Gasteiger partial charge in [0.25, 0.3) is 11.6 Å². The van der Waals surface area contributed by atoms with Gasteiger partial charge in [-0.15, -0.1) is 0 Å². The molecule has 284 valence electrons. The first-order valence-corrected chi connectivity index (χ1v) is 18.2. The highest BCUT2D eigenvalue weighted by Crippen LogP contribution is 2.72. The normalized spacial score (nSPS) is 40.8. The van der Waals surface area contributed by atoms with Crippen LogP contribution in [0.5, 0.6) is 17.2 Å². The zero-order valence-electron chi connectivity index (χ0n) is 29.8. The molecule has 2 aromatic carbocycles. The van der Waals surface area contributed by atoms with Gasteiger partial charge in [-0.2, -0.15) is 0 Å². The third-order valence-electron chi connectivity index (χ3n) is 12.3. The Kier molecular flexibility index (Phi) is 7.10. The molecule has 6 fully saturated rings. The van der Waals surface area contributed by atoms with Gasteiger partial charge in [0.15, 0.2) is 24.3 Å². The number of benzene rings is 2. The summed E-state index contributed by atoms with van der Waals surface area (Å²) in [5.41, 5.74) is -0.766. The first kappa shape index (κ1) is 33.8. The van der Waals surface area contributed by atoms with Crippen molar-refractivity contribution in [2.45, 2.75) is 126 Å². The molecule has 0 aromatic heterocycles. The van der Waals surface area contributed by atoms with Gasteiger partial charge in [0.1, 0.15) is 35.6 Å². The third-order valence-corrected chi connectivity index (χ3v) is 12.3. The van der Waals surface area contributed by atoms with Crippen molar-refractivity contribution >= 4 is 28.7 Å². The molecular formula is C37H40O16. The van der Waals surface area contributed by atoms with E-state index in [0.717, 1.165) is 5.56 Å². The molecule has 1 N–H and O–H groups in total. The summed E-state index contributed by atoms with van der Waals surface area (Å²) < 4.78 is 75.8. The second kappa shape index (κ2) is 11.1. The molecule has 5 unspecified atom stereocenters. The highest BCUT2D eigenvalue weighted by atomic mass is 16.9. The highest BCUT2D eigenvalue weighted by molar-refractivity contribution is 6.11. The van der Waals surface area contributed by atoms with Crippen LogP contribution in [0.1, 0.15) is 79.6 Å². The minimum Gasteiger partial charge on any atom is -0.506 e. The number of carbonyl (C=O) groups excluding carboxylic acids is 3. The van der Waals surface area contributed by atoms with Crippen molar-refractivity contribution in [2.24, 2.45) is 0 Å². The van der Waals surface area contributed by atoms with Crippen LogP contribution in [0, 0.1) is 6.92 Å². The number of esters is 1. The number of aromatic hydroxyl groups is 1. The topological polar surface area (TPSA) is 186 Å². The van der Waals surface area contributed by atoms with Gasteiger partial charge < -0.3 is 61.9 Å². The number of hydrogen-bond acceptors (Lipinski definition) is 16. The molecule has 10 atom stereocenters.